The van der Waals surface area contributed by atoms with Crippen molar-refractivity contribution < 1.29 is 23.9 Å². The summed E-state index contributed by atoms with van der Waals surface area (Å²) in [4.78, 5) is 30.9. The number of benzene rings is 2. The lowest BCUT2D eigenvalue weighted by Gasteiger charge is -2.24. The lowest BCUT2D eigenvalue weighted by molar-refractivity contribution is -0.134. The van der Waals surface area contributed by atoms with Crippen molar-refractivity contribution >= 4 is 28.5 Å². The third-order valence-corrected chi connectivity index (χ3v) is 7.53. The molecule has 2 heterocycles. The second kappa shape index (κ2) is 9.39. The molecular weight excluding hydrogens is 463 g/mol. The van der Waals surface area contributed by atoms with E-state index in [1.165, 1.54) is 12.1 Å². The number of fused-ring (bicyclic) bond motifs is 1. The van der Waals surface area contributed by atoms with Gasteiger partial charge in [0.15, 0.2) is 11.6 Å². The predicted octanol–water partition coefficient (Wildman–Crippen LogP) is 3.48. The second-order valence-electron chi connectivity index (χ2n) is 9.82. The Balaban J connectivity index is 1.35. The first-order chi connectivity index (χ1) is 17.3. The van der Waals surface area contributed by atoms with Crippen LogP contribution in [0.2, 0.25) is 0 Å². The van der Waals surface area contributed by atoms with Crippen LogP contribution in [0, 0.1) is 17.2 Å². The minimum Gasteiger partial charge on any atom is -0.486 e. The summed E-state index contributed by atoms with van der Waals surface area (Å²) in [5.41, 5.74) is 8.27. The Hall–Kier alpha value is -3.72. The van der Waals surface area contributed by atoms with Crippen LogP contribution in [0.4, 0.5) is 10.2 Å². The maximum Gasteiger partial charge on any atom is 0.247 e. The summed E-state index contributed by atoms with van der Waals surface area (Å²) in [6, 6.07) is 14.8. The van der Waals surface area contributed by atoms with E-state index in [1.807, 2.05) is 30.3 Å². The van der Waals surface area contributed by atoms with E-state index in [0.717, 1.165) is 41.7 Å². The normalized spacial score (nSPS) is 23.0. The van der Waals surface area contributed by atoms with Gasteiger partial charge < -0.3 is 15.4 Å². The molecule has 0 bridgehead atoms. The third kappa shape index (κ3) is 4.35. The van der Waals surface area contributed by atoms with E-state index in [-0.39, 0.29) is 25.2 Å². The summed E-state index contributed by atoms with van der Waals surface area (Å²) in [6.45, 7) is 3.31. The monoisotopic (exact) mass is 492 g/mol. The fourth-order valence-corrected chi connectivity index (χ4v) is 5.34. The summed E-state index contributed by atoms with van der Waals surface area (Å²) in [6.07, 6.45) is 2.56. The van der Waals surface area contributed by atoms with Gasteiger partial charge in [-0.1, -0.05) is 24.3 Å². The van der Waals surface area contributed by atoms with Gasteiger partial charge in [-0.05, 0) is 62.4 Å². The number of nitrogens with zero attached hydrogens (tertiary/aromatic N) is 2. The van der Waals surface area contributed by atoms with Crippen molar-refractivity contribution in [3.05, 3.63) is 65.5 Å². The molecule has 1 saturated heterocycles. The Morgan fingerprint density at radius 1 is 1.28 bits per heavy atom. The smallest absolute Gasteiger partial charge is 0.247 e. The number of aromatic nitrogens is 1. The highest BCUT2D eigenvalue weighted by molar-refractivity contribution is 5.95. The molecule has 2 amide bonds. The molecule has 5 rings (SSSR count). The van der Waals surface area contributed by atoms with Crippen LogP contribution < -0.4 is 20.9 Å². The number of nitrogens with one attached hydrogen (secondary N) is 1. The van der Waals surface area contributed by atoms with Gasteiger partial charge in [0.2, 0.25) is 11.8 Å². The van der Waals surface area contributed by atoms with Gasteiger partial charge in [-0.15, -0.1) is 0 Å². The summed E-state index contributed by atoms with van der Waals surface area (Å²) in [5.74, 6) is -1.62. The van der Waals surface area contributed by atoms with Crippen LogP contribution in [0.15, 0.2) is 48.5 Å². The van der Waals surface area contributed by atoms with Gasteiger partial charge in [-0.2, -0.15) is 0 Å². The molecule has 1 saturated carbocycles. The van der Waals surface area contributed by atoms with Crippen molar-refractivity contribution in [2.45, 2.75) is 45.3 Å². The van der Waals surface area contributed by atoms with Crippen LogP contribution in [-0.4, -0.2) is 34.6 Å². The Kier molecular flexibility index (Phi) is 6.26. The first-order valence-electron chi connectivity index (χ1n) is 12.1. The van der Waals surface area contributed by atoms with E-state index in [9.17, 15) is 14.0 Å². The highest BCUT2D eigenvalue weighted by Gasteiger charge is 2.62. The van der Waals surface area contributed by atoms with E-state index >= 15 is 0 Å². The number of anilines is 1. The standard InChI is InChI=1S/C27H29FN4O4/c1-16-5-4-10-32(16)24-12-18(19-6-2-3-7-22(19)30-24)15-36-23-9-8-17(11-21(23)28)13-27(26(29)34)14-20(27)25(33)31-35/h2-3,6-9,11-12,16,20,35H,4-5,10,13-15H2,1H3,(H2,29,34)(H,31,33)/t16?,20-,27+/m1/s1. The zero-order valence-corrected chi connectivity index (χ0v) is 20.0. The molecular formula is C27H29FN4O4. The number of hydrogen-bond acceptors (Lipinski definition) is 6. The summed E-state index contributed by atoms with van der Waals surface area (Å²) < 4.78 is 20.9. The van der Waals surface area contributed by atoms with E-state index in [0.29, 0.717) is 11.6 Å². The number of halogens is 1. The minimum atomic E-state index is -1.12. The maximum atomic E-state index is 15.0. The lowest BCUT2D eigenvalue weighted by Crippen LogP contribution is -2.33. The van der Waals surface area contributed by atoms with Gasteiger partial charge in [0.25, 0.3) is 0 Å². The summed E-state index contributed by atoms with van der Waals surface area (Å²) >= 11 is 0. The number of pyridine rings is 1. The van der Waals surface area contributed by atoms with E-state index in [4.69, 9.17) is 20.7 Å². The van der Waals surface area contributed by atoms with E-state index in [1.54, 1.807) is 11.5 Å². The molecule has 36 heavy (non-hydrogen) atoms. The predicted molar refractivity (Wildman–Crippen MR) is 132 cm³/mol. The maximum absolute atomic E-state index is 15.0. The number of nitrogens with two attached hydrogens (primary N) is 1. The number of carbonyl (C=O) groups excluding carboxylic acids is 2. The first-order valence-corrected chi connectivity index (χ1v) is 12.1. The largest absolute Gasteiger partial charge is 0.486 e. The quantitative estimate of drug-likeness (QED) is 0.327. The highest BCUT2D eigenvalue weighted by atomic mass is 19.1. The molecule has 1 aliphatic carbocycles. The SMILES string of the molecule is CC1CCCN1c1cc(COc2ccc(C[C@]3(C(N)=O)C[C@@H]3C(=O)NO)cc2F)c2ccccc2n1. The Bertz CT molecular complexity index is 1330. The lowest BCUT2D eigenvalue weighted by atomic mass is 9.92. The van der Waals surface area contributed by atoms with Crippen LogP contribution in [0.25, 0.3) is 10.9 Å². The number of ether oxygens (including phenoxy) is 1. The average molecular weight is 493 g/mol. The Morgan fingerprint density at radius 3 is 2.78 bits per heavy atom. The number of amides is 2. The molecule has 2 fully saturated rings. The zero-order valence-electron chi connectivity index (χ0n) is 20.0. The topological polar surface area (TPSA) is 118 Å². The Morgan fingerprint density at radius 2 is 2.08 bits per heavy atom. The molecule has 4 N–H and O–H groups in total. The van der Waals surface area contributed by atoms with Gasteiger partial charge in [0.1, 0.15) is 12.4 Å². The molecule has 2 aromatic carbocycles. The first kappa shape index (κ1) is 24.0. The molecule has 0 spiro atoms. The molecule has 1 aliphatic heterocycles. The number of hydrogen-bond donors (Lipinski definition) is 3. The molecule has 8 nitrogen and oxygen atoms in total. The van der Waals surface area contributed by atoms with E-state index in [2.05, 4.69) is 11.8 Å². The van der Waals surface area contributed by atoms with Crippen LogP contribution in [0.3, 0.4) is 0 Å². The summed E-state index contributed by atoms with van der Waals surface area (Å²) in [5, 5.41) is 9.84. The number of carbonyl (C=O) groups is 2. The molecule has 1 unspecified atom stereocenters. The number of rotatable bonds is 8. The fraction of sp³-hybridized carbons (Fsp3) is 0.370. The number of primary amides is 1. The fourth-order valence-electron chi connectivity index (χ4n) is 5.34. The molecule has 3 aromatic rings. The van der Waals surface area contributed by atoms with Crippen molar-refractivity contribution in [3.63, 3.8) is 0 Å². The van der Waals surface area contributed by atoms with Crippen molar-refractivity contribution in [2.75, 3.05) is 11.4 Å². The van der Waals surface area contributed by atoms with Crippen LogP contribution >= 0.6 is 0 Å². The Labute approximate surface area is 208 Å². The molecule has 0 radical (unpaired) electrons. The molecule has 2 aliphatic rings. The van der Waals surface area contributed by atoms with Crippen LogP contribution in [0.1, 0.15) is 37.3 Å². The number of hydroxylamine groups is 1. The number of para-hydroxylation sites is 1. The van der Waals surface area contributed by atoms with Gasteiger partial charge in [-0.25, -0.2) is 14.9 Å². The van der Waals surface area contributed by atoms with Gasteiger partial charge in [-0.3, -0.25) is 14.8 Å². The summed E-state index contributed by atoms with van der Waals surface area (Å²) in [7, 11) is 0. The van der Waals surface area contributed by atoms with Crippen LogP contribution in [0.5, 0.6) is 5.75 Å². The molecule has 3 atom stereocenters. The zero-order chi connectivity index (χ0) is 25.4. The van der Waals surface area contributed by atoms with Crippen molar-refractivity contribution in [3.8, 4) is 5.75 Å². The highest BCUT2D eigenvalue weighted by Crippen LogP contribution is 2.54. The van der Waals surface area contributed by atoms with Gasteiger partial charge in [0, 0.05) is 23.5 Å². The molecule has 1 aromatic heterocycles. The average Bonchev–Trinajstić information content (AvgIpc) is 3.45. The van der Waals surface area contributed by atoms with Crippen molar-refractivity contribution in [1.29, 1.82) is 0 Å². The van der Waals surface area contributed by atoms with Gasteiger partial charge in [0.05, 0.1) is 16.8 Å². The van der Waals surface area contributed by atoms with Crippen LogP contribution in [-0.2, 0) is 22.6 Å². The molecule has 9 heteroatoms. The molecule has 188 valence electrons. The second-order valence-corrected chi connectivity index (χ2v) is 9.82. The van der Waals surface area contributed by atoms with E-state index < -0.39 is 29.0 Å². The van der Waals surface area contributed by atoms with Gasteiger partial charge >= 0.3 is 0 Å². The minimum absolute atomic E-state index is 0.0873. The third-order valence-electron chi connectivity index (χ3n) is 7.53. The van der Waals surface area contributed by atoms with Crippen molar-refractivity contribution in [1.82, 2.24) is 10.5 Å². The van der Waals surface area contributed by atoms with Crippen molar-refractivity contribution in [2.24, 2.45) is 17.1 Å².